The van der Waals surface area contributed by atoms with Gasteiger partial charge in [0.15, 0.2) is 0 Å². The van der Waals surface area contributed by atoms with Crippen molar-refractivity contribution < 1.29 is 5.21 Å². The highest BCUT2D eigenvalue weighted by Gasteiger charge is 2.10. The van der Waals surface area contributed by atoms with E-state index >= 15 is 0 Å². The number of aromatic nitrogens is 1. The normalized spacial score (nSPS) is 11.8. The van der Waals surface area contributed by atoms with E-state index in [9.17, 15) is 0 Å². The van der Waals surface area contributed by atoms with Crippen LogP contribution in [-0.4, -0.2) is 21.7 Å². The van der Waals surface area contributed by atoms with Gasteiger partial charge in [-0.1, -0.05) is 19.0 Å². The highest BCUT2D eigenvalue weighted by atomic mass is 79.9. The molecule has 0 saturated heterocycles. The van der Waals surface area contributed by atoms with Gasteiger partial charge in [-0.25, -0.2) is 0 Å². The van der Waals surface area contributed by atoms with Gasteiger partial charge >= 0.3 is 0 Å². The van der Waals surface area contributed by atoms with Crippen LogP contribution in [0.5, 0.6) is 0 Å². The van der Waals surface area contributed by atoms with Gasteiger partial charge in [-0.05, 0) is 34.2 Å². The Bertz CT molecular complexity index is 368. The molecule has 0 aromatic carbocycles. The first-order valence-electron chi connectivity index (χ1n) is 4.72. The molecule has 0 fully saturated rings. The van der Waals surface area contributed by atoms with E-state index in [1.807, 2.05) is 13.0 Å². The Morgan fingerprint density at radius 3 is 2.87 bits per heavy atom. The molecule has 1 rings (SSSR count). The van der Waals surface area contributed by atoms with Gasteiger partial charge in [0.25, 0.3) is 0 Å². The Kier molecular flexibility index (Phi) is 5.11. The van der Waals surface area contributed by atoms with Crippen LogP contribution < -0.4 is 0 Å². The van der Waals surface area contributed by atoms with Gasteiger partial charge in [-0.2, -0.15) is 0 Å². The van der Waals surface area contributed by atoms with Crippen molar-refractivity contribution in [2.24, 2.45) is 5.16 Å². The Hall–Kier alpha value is -0.550. The van der Waals surface area contributed by atoms with Crippen LogP contribution in [0.4, 0.5) is 0 Å². The third-order valence-electron chi connectivity index (χ3n) is 1.85. The molecule has 3 nitrogen and oxygen atoms in total. The Labute approximate surface area is 102 Å². The Morgan fingerprint density at radius 1 is 1.60 bits per heavy atom. The maximum absolute atomic E-state index is 8.87. The summed E-state index contributed by atoms with van der Waals surface area (Å²) >= 11 is 5.07. The van der Waals surface area contributed by atoms with E-state index < -0.39 is 0 Å². The van der Waals surface area contributed by atoms with Crippen molar-refractivity contribution in [3.8, 4) is 0 Å². The smallest absolute Gasteiger partial charge is 0.106 e. The molecule has 0 amide bonds. The maximum Gasteiger partial charge on any atom is 0.106 e. The molecular formula is C10H13BrN2OS. The van der Waals surface area contributed by atoms with Gasteiger partial charge in [0.05, 0.1) is 0 Å². The van der Waals surface area contributed by atoms with Gasteiger partial charge in [0.1, 0.15) is 11.4 Å². The van der Waals surface area contributed by atoms with Crippen molar-refractivity contribution in [1.82, 2.24) is 4.98 Å². The molecule has 5 heteroatoms. The lowest BCUT2D eigenvalue weighted by Crippen LogP contribution is -2.04. The van der Waals surface area contributed by atoms with Gasteiger partial charge in [0.2, 0.25) is 0 Å². The van der Waals surface area contributed by atoms with Crippen LogP contribution in [0.25, 0.3) is 0 Å². The van der Waals surface area contributed by atoms with Crippen molar-refractivity contribution in [3.05, 3.63) is 22.4 Å². The first-order chi connectivity index (χ1) is 7.22. The van der Waals surface area contributed by atoms with Crippen LogP contribution in [0, 0.1) is 0 Å². The minimum absolute atomic E-state index is 0.624. The summed E-state index contributed by atoms with van der Waals surface area (Å²) in [4.78, 5) is 5.32. The molecule has 82 valence electrons. The molecule has 0 aliphatic carbocycles. The number of nitrogens with zero attached hydrogens (tertiary/aromatic N) is 2. The SMILES string of the molecule is CCSc1cc(Br)cnc1/C(CC)=N/O. The molecule has 0 bridgehead atoms. The van der Waals surface area contributed by atoms with E-state index in [0.717, 1.165) is 20.8 Å². The highest BCUT2D eigenvalue weighted by molar-refractivity contribution is 9.10. The number of hydrogen-bond acceptors (Lipinski definition) is 4. The molecule has 1 aromatic heterocycles. The minimum atomic E-state index is 0.624. The molecule has 0 saturated carbocycles. The predicted molar refractivity (Wildman–Crippen MR) is 66.9 cm³/mol. The van der Waals surface area contributed by atoms with Crippen LogP contribution in [0.15, 0.2) is 26.8 Å². The van der Waals surface area contributed by atoms with Crippen LogP contribution >= 0.6 is 27.7 Å². The van der Waals surface area contributed by atoms with Crippen LogP contribution in [-0.2, 0) is 0 Å². The third kappa shape index (κ3) is 3.21. The highest BCUT2D eigenvalue weighted by Crippen LogP contribution is 2.25. The molecule has 0 radical (unpaired) electrons. The van der Waals surface area contributed by atoms with Crippen molar-refractivity contribution in [2.45, 2.75) is 25.2 Å². The molecule has 1 aromatic rings. The summed E-state index contributed by atoms with van der Waals surface area (Å²) in [7, 11) is 0. The second kappa shape index (κ2) is 6.12. The second-order valence-corrected chi connectivity index (χ2v) is 5.06. The van der Waals surface area contributed by atoms with Crippen molar-refractivity contribution in [3.63, 3.8) is 0 Å². The fourth-order valence-corrected chi connectivity index (χ4v) is 2.50. The van der Waals surface area contributed by atoms with Crippen molar-refractivity contribution in [1.29, 1.82) is 0 Å². The van der Waals surface area contributed by atoms with Gasteiger partial charge in [-0.3, -0.25) is 4.98 Å². The number of oxime groups is 1. The topological polar surface area (TPSA) is 45.5 Å². The van der Waals surface area contributed by atoms with Crippen LogP contribution in [0.2, 0.25) is 0 Å². The fourth-order valence-electron chi connectivity index (χ4n) is 1.19. The molecule has 0 unspecified atom stereocenters. The van der Waals surface area contributed by atoms with Gasteiger partial charge < -0.3 is 5.21 Å². The summed E-state index contributed by atoms with van der Waals surface area (Å²) in [5.74, 6) is 0.966. The molecule has 0 atom stereocenters. The summed E-state index contributed by atoms with van der Waals surface area (Å²) in [5, 5.41) is 12.1. The van der Waals surface area contributed by atoms with E-state index in [0.29, 0.717) is 12.1 Å². The summed E-state index contributed by atoms with van der Waals surface area (Å²) < 4.78 is 0.940. The van der Waals surface area contributed by atoms with Crippen LogP contribution in [0.3, 0.4) is 0 Å². The second-order valence-electron chi connectivity index (χ2n) is 2.83. The first-order valence-corrected chi connectivity index (χ1v) is 6.50. The zero-order valence-corrected chi connectivity index (χ0v) is 11.1. The average Bonchev–Trinajstić information content (AvgIpc) is 2.23. The van der Waals surface area contributed by atoms with E-state index in [2.05, 4.69) is 33.0 Å². The number of pyridine rings is 1. The van der Waals surface area contributed by atoms with Gasteiger partial charge in [-0.15, -0.1) is 11.8 Å². The predicted octanol–water partition coefficient (Wildman–Crippen LogP) is 3.54. The van der Waals surface area contributed by atoms with Crippen LogP contribution in [0.1, 0.15) is 26.0 Å². The molecule has 0 aliphatic heterocycles. The lowest BCUT2D eigenvalue weighted by Gasteiger charge is -2.07. The summed E-state index contributed by atoms with van der Waals surface area (Å²) in [5.41, 5.74) is 1.40. The summed E-state index contributed by atoms with van der Waals surface area (Å²) in [6, 6.07) is 2.00. The van der Waals surface area contributed by atoms with E-state index in [1.54, 1.807) is 18.0 Å². The summed E-state index contributed by atoms with van der Waals surface area (Å²) in [6.07, 6.45) is 2.39. The maximum atomic E-state index is 8.87. The van der Waals surface area contributed by atoms with E-state index in [-0.39, 0.29) is 0 Å². The molecular weight excluding hydrogens is 276 g/mol. The Morgan fingerprint density at radius 2 is 2.33 bits per heavy atom. The van der Waals surface area contributed by atoms with Crippen molar-refractivity contribution >= 4 is 33.4 Å². The lowest BCUT2D eigenvalue weighted by atomic mass is 10.2. The molecule has 0 spiro atoms. The summed E-state index contributed by atoms with van der Waals surface area (Å²) in [6.45, 7) is 4.02. The standard InChI is InChI=1S/C10H13BrN2OS/c1-3-8(13-14)10-9(15-4-2)5-7(11)6-12-10/h5-6,14H,3-4H2,1-2H3/b13-8+. The van der Waals surface area contributed by atoms with E-state index in [4.69, 9.17) is 5.21 Å². The monoisotopic (exact) mass is 288 g/mol. The average molecular weight is 289 g/mol. The zero-order valence-electron chi connectivity index (χ0n) is 8.70. The number of hydrogen-bond donors (Lipinski definition) is 1. The largest absolute Gasteiger partial charge is 0.411 e. The lowest BCUT2D eigenvalue weighted by molar-refractivity contribution is 0.318. The van der Waals surface area contributed by atoms with E-state index in [1.165, 1.54) is 0 Å². The fraction of sp³-hybridized carbons (Fsp3) is 0.400. The van der Waals surface area contributed by atoms with Gasteiger partial charge in [0, 0.05) is 15.6 Å². The number of thioether (sulfide) groups is 1. The molecule has 0 aliphatic rings. The molecule has 1 heterocycles. The third-order valence-corrected chi connectivity index (χ3v) is 3.19. The first kappa shape index (κ1) is 12.5. The number of rotatable bonds is 4. The molecule has 1 N–H and O–H groups in total. The quantitative estimate of drug-likeness (QED) is 0.399. The molecule has 15 heavy (non-hydrogen) atoms. The minimum Gasteiger partial charge on any atom is -0.411 e. The number of halogens is 1. The zero-order chi connectivity index (χ0) is 11.3. The van der Waals surface area contributed by atoms with Crippen molar-refractivity contribution in [2.75, 3.05) is 5.75 Å². The Balaban J connectivity index is 3.15.